The van der Waals surface area contributed by atoms with Gasteiger partial charge >= 0.3 is 0 Å². The Balaban J connectivity index is 2.53. The average molecular weight is 244 g/mol. The van der Waals surface area contributed by atoms with Crippen LogP contribution in [-0.2, 0) is 0 Å². The summed E-state index contributed by atoms with van der Waals surface area (Å²) in [5.41, 5.74) is 6.70. The normalized spacial score (nSPS) is 12.7. The number of nitrogen functional groups attached to an aromatic ring is 1. The minimum Gasteiger partial charge on any atom is -0.398 e. The average Bonchev–Trinajstić information content (AvgIpc) is 2.20. The summed E-state index contributed by atoms with van der Waals surface area (Å²) in [5.74, 6) is 1.84. The number of hydrogen-bond donors (Lipinski definition) is 1. The van der Waals surface area contributed by atoms with Gasteiger partial charge in [-0.05, 0) is 24.1 Å². The first-order chi connectivity index (χ1) is 7.13. The fraction of sp³-hybridized carbons (Fsp3) is 0.500. The summed E-state index contributed by atoms with van der Waals surface area (Å²) in [5, 5.41) is 0.759. The molecular formula is C12H18ClNS. The highest BCUT2D eigenvalue weighted by atomic mass is 35.5. The fourth-order valence-corrected chi connectivity index (χ4v) is 2.75. The minimum absolute atomic E-state index is 0.735. The Morgan fingerprint density at radius 3 is 2.87 bits per heavy atom. The van der Waals surface area contributed by atoms with E-state index < -0.39 is 0 Å². The Hall–Kier alpha value is -0.340. The third-order valence-corrected chi connectivity index (χ3v) is 3.92. The monoisotopic (exact) mass is 243 g/mol. The molecule has 0 fully saturated rings. The van der Waals surface area contributed by atoms with Crippen molar-refractivity contribution in [3.63, 3.8) is 0 Å². The van der Waals surface area contributed by atoms with Gasteiger partial charge in [0.25, 0.3) is 0 Å². The van der Waals surface area contributed by atoms with Crippen LogP contribution in [0.2, 0.25) is 5.02 Å². The molecule has 1 rings (SSSR count). The first kappa shape index (κ1) is 12.7. The molecule has 0 aliphatic carbocycles. The van der Waals surface area contributed by atoms with Gasteiger partial charge in [-0.1, -0.05) is 38.3 Å². The number of halogens is 1. The second kappa shape index (κ2) is 6.29. The Morgan fingerprint density at radius 2 is 2.20 bits per heavy atom. The molecule has 0 bridgehead atoms. The van der Waals surface area contributed by atoms with Crippen molar-refractivity contribution >= 4 is 29.1 Å². The molecule has 0 radical (unpaired) electrons. The first-order valence-electron chi connectivity index (χ1n) is 5.31. The number of rotatable bonds is 5. The summed E-state index contributed by atoms with van der Waals surface area (Å²) in [6, 6.07) is 5.64. The lowest BCUT2D eigenvalue weighted by molar-refractivity contribution is 0.585. The van der Waals surface area contributed by atoms with Crippen molar-refractivity contribution in [3.05, 3.63) is 23.2 Å². The molecule has 1 atom stereocenters. The van der Waals surface area contributed by atoms with E-state index in [4.69, 9.17) is 17.3 Å². The van der Waals surface area contributed by atoms with E-state index in [-0.39, 0.29) is 0 Å². The molecule has 0 aliphatic heterocycles. The lowest BCUT2D eigenvalue weighted by atomic mass is 10.1. The van der Waals surface area contributed by atoms with Crippen LogP contribution in [-0.4, -0.2) is 5.75 Å². The minimum atomic E-state index is 0.735. The van der Waals surface area contributed by atoms with E-state index in [1.807, 2.05) is 18.2 Å². The van der Waals surface area contributed by atoms with Gasteiger partial charge in [-0.3, -0.25) is 0 Å². The Morgan fingerprint density at radius 1 is 1.47 bits per heavy atom. The van der Waals surface area contributed by atoms with E-state index in [1.54, 1.807) is 11.8 Å². The van der Waals surface area contributed by atoms with E-state index in [2.05, 4.69) is 13.8 Å². The fourth-order valence-electron chi connectivity index (χ4n) is 1.44. The van der Waals surface area contributed by atoms with E-state index in [0.29, 0.717) is 0 Å². The lowest BCUT2D eigenvalue weighted by Gasteiger charge is -2.10. The maximum Gasteiger partial charge on any atom is 0.0453 e. The van der Waals surface area contributed by atoms with Gasteiger partial charge in [0.05, 0.1) is 0 Å². The maximum atomic E-state index is 5.92. The van der Waals surface area contributed by atoms with Gasteiger partial charge in [0.2, 0.25) is 0 Å². The number of benzene rings is 1. The molecule has 0 spiro atoms. The number of anilines is 1. The molecule has 0 aromatic heterocycles. The molecule has 84 valence electrons. The topological polar surface area (TPSA) is 26.0 Å². The van der Waals surface area contributed by atoms with Crippen molar-refractivity contribution < 1.29 is 0 Å². The third kappa shape index (κ3) is 4.35. The number of nitrogens with two attached hydrogens (primary N) is 1. The Labute approximate surface area is 101 Å². The van der Waals surface area contributed by atoms with E-state index in [1.165, 1.54) is 12.8 Å². The summed E-state index contributed by atoms with van der Waals surface area (Å²) >= 11 is 7.72. The lowest BCUT2D eigenvalue weighted by Crippen LogP contribution is -1.98. The molecule has 0 aliphatic rings. The molecule has 0 amide bonds. The molecule has 1 aromatic carbocycles. The zero-order valence-corrected chi connectivity index (χ0v) is 10.9. The van der Waals surface area contributed by atoms with Crippen LogP contribution >= 0.6 is 23.4 Å². The highest BCUT2D eigenvalue weighted by molar-refractivity contribution is 7.99. The van der Waals surface area contributed by atoms with Gasteiger partial charge in [0.15, 0.2) is 0 Å². The smallest absolute Gasteiger partial charge is 0.0453 e. The highest BCUT2D eigenvalue weighted by Crippen LogP contribution is 2.30. The molecule has 3 heteroatoms. The first-order valence-corrected chi connectivity index (χ1v) is 6.67. The van der Waals surface area contributed by atoms with Crippen LogP contribution < -0.4 is 5.73 Å². The van der Waals surface area contributed by atoms with E-state index in [0.717, 1.165) is 27.3 Å². The van der Waals surface area contributed by atoms with Crippen molar-refractivity contribution in [2.45, 2.75) is 31.6 Å². The summed E-state index contributed by atoms with van der Waals surface area (Å²) in [6.07, 6.45) is 2.51. The van der Waals surface area contributed by atoms with Crippen LogP contribution in [0.1, 0.15) is 26.7 Å². The van der Waals surface area contributed by atoms with Crippen molar-refractivity contribution in [1.82, 2.24) is 0 Å². The van der Waals surface area contributed by atoms with Crippen LogP contribution in [0.3, 0.4) is 0 Å². The summed E-state index contributed by atoms with van der Waals surface area (Å²) in [6.45, 7) is 4.49. The molecule has 1 unspecified atom stereocenters. The predicted molar refractivity (Wildman–Crippen MR) is 70.7 cm³/mol. The molecule has 0 saturated carbocycles. The number of thioether (sulfide) groups is 1. The molecule has 1 nitrogen and oxygen atoms in total. The predicted octanol–water partition coefficient (Wildman–Crippen LogP) is 4.45. The quantitative estimate of drug-likeness (QED) is 0.611. The van der Waals surface area contributed by atoms with E-state index >= 15 is 0 Å². The largest absolute Gasteiger partial charge is 0.398 e. The second-order valence-corrected chi connectivity index (χ2v) is 5.39. The molecule has 0 heterocycles. The van der Waals surface area contributed by atoms with Crippen molar-refractivity contribution in [3.8, 4) is 0 Å². The van der Waals surface area contributed by atoms with Gasteiger partial charge in [0.1, 0.15) is 0 Å². The van der Waals surface area contributed by atoms with Crippen LogP contribution in [0.15, 0.2) is 23.1 Å². The van der Waals surface area contributed by atoms with Gasteiger partial charge in [-0.25, -0.2) is 0 Å². The van der Waals surface area contributed by atoms with Gasteiger partial charge in [0, 0.05) is 21.4 Å². The summed E-state index contributed by atoms with van der Waals surface area (Å²) in [7, 11) is 0. The Kier molecular flexibility index (Phi) is 5.34. The van der Waals surface area contributed by atoms with Crippen LogP contribution in [0, 0.1) is 5.92 Å². The second-order valence-electron chi connectivity index (χ2n) is 3.89. The molecule has 1 aromatic rings. The van der Waals surface area contributed by atoms with Crippen molar-refractivity contribution in [1.29, 1.82) is 0 Å². The standard InChI is InChI=1S/C12H18ClNS/c1-3-4-9(2)8-15-12-7-10(13)5-6-11(12)14/h5-7,9H,3-4,8,14H2,1-2H3. The van der Waals surface area contributed by atoms with Crippen LogP contribution in [0.5, 0.6) is 0 Å². The molecule has 2 N–H and O–H groups in total. The van der Waals surface area contributed by atoms with Gasteiger partial charge in [-0.15, -0.1) is 11.8 Å². The van der Waals surface area contributed by atoms with Crippen molar-refractivity contribution in [2.24, 2.45) is 5.92 Å². The molecular weight excluding hydrogens is 226 g/mol. The zero-order chi connectivity index (χ0) is 11.3. The zero-order valence-electron chi connectivity index (χ0n) is 9.29. The number of hydrogen-bond acceptors (Lipinski definition) is 2. The Bertz CT molecular complexity index is 314. The third-order valence-electron chi connectivity index (χ3n) is 2.28. The summed E-state index contributed by atoms with van der Waals surface area (Å²) < 4.78 is 0. The van der Waals surface area contributed by atoms with Crippen LogP contribution in [0.25, 0.3) is 0 Å². The van der Waals surface area contributed by atoms with Gasteiger partial charge < -0.3 is 5.73 Å². The van der Waals surface area contributed by atoms with E-state index in [9.17, 15) is 0 Å². The SMILES string of the molecule is CCCC(C)CSc1cc(Cl)ccc1N. The molecule has 0 saturated heterocycles. The maximum absolute atomic E-state index is 5.92. The van der Waals surface area contributed by atoms with Crippen molar-refractivity contribution in [2.75, 3.05) is 11.5 Å². The van der Waals surface area contributed by atoms with Crippen LogP contribution in [0.4, 0.5) is 5.69 Å². The highest BCUT2D eigenvalue weighted by Gasteiger charge is 2.05. The molecule has 15 heavy (non-hydrogen) atoms. The summed E-state index contributed by atoms with van der Waals surface area (Å²) in [4.78, 5) is 1.10. The van der Waals surface area contributed by atoms with Gasteiger partial charge in [-0.2, -0.15) is 0 Å².